The van der Waals surface area contributed by atoms with E-state index in [1.807, 2.05) is 60.7 Å². The maximum atomic E-state index is 6.64. The lowest BCUT2D eigenvalue weighted by atomic mass is 9.75. The Morgan fingerprint density at radius 3 is 1.41 bits per heavy atom. The molecule has 0 saturated carbocycles. The van der Waals surface area contributed by atoms with Crippen LogP contribution in [0.5, 0.6) is 0 Å². The highest BCUT2D eigenvalue weighted by Gasteiger charge is 2.51. The number of hydrogen-bond acceptors (Lipinski definition) is 5. The van der Waals surface area contributed by atoms with Crippen LogP contribution in [0.2, 0.25) is 0 Å². The molecule has 0 atom stereocenters. The molecule has 1 saturated heterocycles. The quantitative estimate of drug-likeness (QED) is 0.136. The van der Waals surface area contributed by atoms with Gasteiger partial charge in [0, 0.05) is 16.7 Å². The molecule has 2 heterocycles. The number of rotatable bonds is 5. The highest BCUT2D eigenvalue weighted by atomic mass is 16.7. The fraction of sp³-hybridized carbons (Fsp3) is 0.133. The predicted octanol–water partition coefficient (Wildman–Crippen LogP) is 10.3. The van der Waals surface area contributed by atoms with Crippen LogP contribution in [0, 0.1) is 0 Å². The van der Waals surface area contributed by atoms with Crippen molar-refractivity contribution in [1.29, 1.82) is 0 Å². The molecule has 5 nitrogen and oxygen atoms in total. The number of nitrogens with zero attached hydrogens (tertiary/aromatic N) is 3. The smallest absolute Gasteiger partial charge is 0.399 e. The molecule has 1 aliphatic rings. The first-order valence-corrected chi connectivity index (χ1v) is 17.5. The molecule has 1 aliphatic heterocycles. The Morgan fingerprint density at radius 2 is 0.843 bits per heavy atom. The van der Waals surface area contributed by atoms with Gasteiger partial charge >= 0.3 is 7.12 Å². The van der Waals surface area contributed by atoms with Gasteiger partial charge in [0.25, 0.3) is 0 Å². The van der Waals surface area contributed by atoms with E-state index in [2.05, 4.69) is 113 Å². The molecule has 1 fully saturated rings. The van der Waals surface area contributed by atoms with Crippen molar-refractivity contribution in [1.82, 2.24) is 15.0 Å². The molecule has 7 aromatic carbocycles. The van der Waals surface area contributed by atoms with Crippen molar-refractivity contribution in [3.63, 3.8) is 0 Å². The minimum atomic E-state index is -0.517. The molecule has 51 heavy (non-hydrogen) atoms. The van der Waals surface area contributed by atoms with Crippen molar-refractivity contribution in [2.45, 2.75) is 38.9 Å². The van der Waals surface area contributed by atoms with E-state index < -0.39 is 18.3 Å². The Kier molecular flexibility index (Phi) is 7.35. The molecule has 0 N–H and O–H groups in total. The maximum Gasteiger partial charge on any atom is 0.494 e. The van der Waals surface area contributed by atoms with Gasteiger partial charge in [-0.05, 0) is 82.7 Å². The van der Waals surface area contributed by atoms with E-state index in [4.69, 9.17) is 24.3 Å². The predicted molar refractivity (Wildman–Crippen MR) is 210 cm³/mol. The maximum absolute atomic E-state index is 6.64. The Morgan fingerprint density at radius 1 is 0.412 bits per heavy atom. The van der Waals surface area contributed by atoms with Crippen LogP contribution < -0.4 is 5.46 Å². The SMILES string of the molecule is CC1(C)OB(c2cc(-c3cccc(-c4nc(-c5ccccc5)nc(-c5ccccc5)n4)c3)c3c4ccccc4c4ccccc4c3c2)OC1(C)C. The summed E-state index contributed by atoms with van der Waals surface area (Å²) < 4.78 is 13.3. The van der Waals surface area contributed by atoms with Crippen LogP contribution in [-0.2, 0) is 9.31 Å². The van der Waals surface area contributed by atoms with E-state index in [1.54, 1.807) is 0 Å². The molecule has 0 aliphatic carbocycles. The molecular formula is C45H36BN3O2. The Hall–Kier alpha value is -5.69. The summed E-state index contributed by atoms with van der Waals surface area (Å²) >= 11 is 0. The minimum Gasteiger partial charge on any atom is -0.399 e. The normalized spacial score (nSPS) is 15.2. The topological polar surface area (TPSA) is 57.1 Å². The van der Waals surface area contributed by atoms with Gasteiger partial charge in [-0.2, -0.15) is 0 Å². The summed E-state index contributed by atoms with van der Waals surface area (Å²) in [4.78, 5) is 15.0. The monoisotopic (exact) mass is 661 g/mol. The van der Waals surface area contributed by atoms with Gasteiger partial charge in [0.15, 0.2) is 17.5 Å². The second kappa shape index (κ2) is 12.0. The molecule has 0 spiro atoms. The lowest BCUT2D eigenvalue weighted by Crippen LogP contribution is -2.41. The summed E-state index contributed by atoms with van der Waals surface area (Å²) in [7, 11) is -0.517. The van der Waals surface area contributed by atoms with E-state index >= 15 is 0 Å². The van der Waals surface area contributed by atoms with Crippen LogP contribution in [-0.4, -0.2) is 33.3 Å². The summed E-state index contributed by atoms with van der Waals surface area (Å²) in [6.45, 7) is 8.40. The molecule has 0 bridgehead atoms. The zero-order valence-electron chi connectivity index (χ0n) is 29.1. The van der Waals surface area contributed by atoms with Gasteiger partial charge in [0.1, 0.15) is 0 Å². The Bertz CT molecular complexity index is 2530. The van der Waals surface area contributed by atoms with Crippen molar-refractivity contribution in [2.75, 3.05) is 0 Å². The van der Waals surface area contributed by atoms with Crippen LogP contribution in [0.15, 0.2) is 146 Å². The van der Waals surface area contributed by atoms with Gasteiger partial charge in [-0.15, -0.1) is 0 Å². The standard InChI is InChI=1S/C45H36BN3O2/c1-44(2)45(3,4)51-46(50-44)33-27-38(40-37-25-14-13-23-35(37)34-22-11-12-24-36(34)39(40)28-33)31-20-15-21-32(26-31)43-48-41(29-16-7-5-8-17-29)47-42(49-43)30-18-9-6-10-19-30/h5-28H,1-4H3. The minimum absolute atomic E-state index is 0.468. The molecule has 1 aromatic heterocycles. The van der Waals surface area contributed by atoms with Gasteiger partial charge < -0.3 is 9.31 Å². The molecule has 9 rings (SSSR count). The summed E-state index contributed by atoms with van der Waals surface area (Å²) in [6.07, 6.45) is 0. The number of aromatic nitrogens is 3. The number of fused-ring (bicyclic) bond motifs is 6. The van der Waals surface area contributed by atoms with Crippen LogP contribution in [0.4, 0.5) is 0 Å². The number of hydrogen-bond donors (Lipinski definition) is 0. The van der Waals surface area contributed by atoms with E-state index in [1.165, 1.54) is 26.9 Å². The zero-order valence-corrected chi connectivity index (χ0v) is 29.1. The summed E-state index contributed by atoms with van der Waals surface area (Å²) in [5.74, 6) is 1.89. The van der Waals surface area contributed by atoms with Crippen LogP contribution in [0.1, 0.15) is 27.7 Å². The molecule has 246 valence electrons. The summed E-state index contributed by atoms with van der Waals surface area (Å²) in [6, 6.07) is 50.6. The van der Waals surface area contributed by atoms with Crippen LogP contribution >= 0.6 is 0 Å². The fourth-order valence-corrected chi connectivity index (χ4v) is 7.16. The highest BCUT2D eigenvalue weighted by Crippen LogP contribution is 2.42. The summed E-state index contributed by atoms with van der Waals surface area (Å²) in [5, 5.41) is 7.18. The first-order chi connectivity index (χ1) is 24.8. The van der Waals surface area contributed by atoms with Crippen molar-refractivity contribution < 1.29 is 9.31 Å². The van der Waals surface area contributed by atoms with Gasteiger partial charge in [-0.3, -0.25) is 0 Å². The van der Waals surface area contributed by atoms with Gasteiger partial charge in [0.05, 0.1) is 11.2 Å². The average molecular weight is 662 g/mol. The lowest BCUT2D eigenvalue weighted by molar-refractivity contribution is 0.00578. The average Bonchev–Trinajstić information content (AvgIpc) is 3.40. The van der Waals surface area contributed by atoms with Crippen LogP contribution in [0.3, 0.4) is 0 Å². The van der Waals surface area contributed by atoms with Gasteiger partial charge in [-0.25, -0.2) is 15.0 Å². The van der Waals surface area contributed by atoms with Gasteiger partial charge in [-0.1, -0.05) is 140 Å². The molecule has 0 unspecified atom stereocenters. The van der Waals surface area contributed by atoms with Crippen molar-refractivity contribution in [3.05, 3.63) is 146 Å². The number of benzene rings is 7. The second-order valence-electron chi connectivity index (χ2n) is 14.3. The van der Waals surface area contributed by atoms with E-state index in [0.29, 0.717) is 17.5 Å². The fourth-order valence-electron chi connectivity index (χ4n) is 7.16. The third kappa shape index (κ3) is 5.39. The Labute approximate surface area is 298 Å². The molecular weight excluding hydrogens is 625 g/mol. The molecule has 0 amide bonds. The Balaban J connectivity index is 1.29. The van der Waals surface area contributed by atoms with Gasteiger partial charge in [0.2, 0.25) is 0 Å². The molecule has 6 heteroatoms. The largest absolute Gasteiger partial charge is 0.494 e. The van der Waals surface area contributed by atoms with E-state index in [0.717, 1.165) is 38.7 Å². The van der Waals surface area contributed by atoms with Crippen LogP contribution in [0.25, 0.3) is 77.6 Å². The lowest BCUT2D eigenvalue weighted by Gasteiger charge is -2.32. The van der Waals surface area contributed by atoms with E-state index in [-0.39, 0.29) is 0 Å². The molecule has 0 radical (unpaired) electrons. The first kappa shape index (κ1) is 31.3. The van der Waals surface area contributed by atoms with Crippen molar-refractivity contribution in [2.24, 2.45) is 0 Å². The van der Waals surface area contributed by atoms with Crippen molar-refractivity contribution in [3.8, 4) is 45.3 Å². The third-order valence-corrected chi connectivity index (χ3v) is 10.5. The third-order valence-electron chi connectivity index (χ3n) is 10.5. The zero-order chi connectivity index (χ0) is 34.7. The summed E-state index contributed by atoms with van der Waals surface area (Å²) in [5.41, 5.74) is 4.99. The second-order valence-corrected chi connectivity index (χ2v) is 14.3. The van der Waals surface area contributed by atoms with Crippen molar-refractivity contribution >= 4 is 44.9 Å². The molecule has 8 aromatic rings. The highest BCUT2D eigenvalue weighted by molar-refractivity contribution is 6.63. The first-order valence-electron chi connectivity index (χ1n) is 17.5. The van der Waals surface area contributed by atoms with E-state index in [9.17, 15) is 0 Å².